The van der Waals surface area contributed by atoms with Crippen molar-refractivity contribution in [1.82, 2.24) is 4.23 Å². The zero-order valence-electron chi connectivity index (χ0n) is 9.36. The van der Waals surface area contributed by atoms with Crippen molar-refractivity contribution in [3.8, 4) is 0 Å². The van der Waals surface area contributed by atoms with Crippen molar-refractivity contribution in [2.45, 2.75) is 46.2 Å². The Morgan fingerprint density at radius 1 is 0.923 bits per heavy atom. The fraction of sp³-hybridized carbons (Fsp3) is 0.875. The van der Waals surface area contributed by atoms with Gasteiger partial charge < -0.3 is 4.23 Å². The molecular formula is C8H22LiNOSi2. The normalized spacial score (nSPS) is 11.9. The van der Waals surface area contributed by atoms with E-state index in [0.717, 1.165) is 0 Å². The van der Waals surface area contributed by atoms with E-state index in [1.54, 1.807) is 6.92 Å². The second kappa shape index (κ2) is 4.83. The summed E-state index contributed by atoms with van der Waals surface area (Å²) in [6.07, 6.45) is 0. The molecular weight excluding hydrogens is 189 g/mol. The molecule has 0 rings (SSSR count). The van der Waals surface area contributed by atoms with E-state index in [-0.39, 0.29) is 24.8 Å². The molecule has 0 spiro atoms. The first-order valence-electron chi connectivity index (χ1n) is 4.37. The molecule has 0 radical (unpaired) electrons. The van der Waals surface area contributed by atoms with Crippen molar-refractivity contribution < 1.29 is 4.79 Å². The Labute approximate surface area is 96.4 Å². The van der Waals surface area contributed by atoms with E-state index in [1.807, 2.05) is 0 Å². The van der Waals surface area contributed by atoms with Gasteiger partial charge in [0, 0.05) is 6.92 Å². The van der Waals surface area contributed by atoms with Crippen LogP contribution in [-0.4, -0.2) is 45.5 Å². The molecule has 0 aliphatic rings. The first kappa shape index (κ1) is 16.0. The molecule has 74 valence electrons. The SMILES string of the molecule is CC(=O)N([Si](C)(C)C)[Si](C)(C)C.[LiH]. The van der Waals surface area contributed by atoms with Crippen LogP contribution in [-0.2, 0) is 4.79 Å². The Hall–Kier alpha value is 0.501. The Morgan fingerprint density at radius 2 is 1.15 bits per heavy atom. The number of carbonyl (C=O) groups is 1. The Balaban J connectivity index is 0. The van der Waals surface area contributed by atoms with E-state index in [4.69, 9.17) is 0 Å². The second-order valence-electron chi connectivity index (χ2n) is 5.20. The summed E-state index contributed by atoms with van der Waals surface area (Å²) in [6, 6.07) is 0. The molecule has 13 heavy (non-hydrogen) atoms. The molecule has 0 aliphatic heterocycles. The first-order chi connectivity index (χ1) is 5.07. The third-order valence-corrected chi connectivity index (χ3v) is 8.99. The summed E-state index contributed by atoms with van der Waals surface area (Å²) in [6.45, 7) is 15.1. The average Bonchev–Trinajstić information content (AvgIpc) is 1.49. The maximum absolute atomic E-state index is 11.4. The molecule has 1 amide bonds. The number of hydrogen-bond donors (Lipinski definition) is 0. The van der Waals surface area contributed by atoms with E-state index in [2.05, 4.69) is 43.5 Å². The summed E-state index contributed by atoms with van der Waals surface area (Å²) >= 11 is 0. The van der Waals surface area contributed by atoms with E-state index in [9.17, 15) is 4.79 Å². The van der Waals surface area contributed by atoms with Crippen molar-refractivity contribution in [2.24, 2.45) is 0 Å². The molecule has 0 unspecified atom stereocenters. The van der Waals surface area contributed by atoms with E-state index >= 15 is 0 Å². The summed E-state index contributed by atoms with van der Waals surface area (Å²) in [5.74, 6) is 0.258. The van der Waals surface area contributed by atoms with Gasteiger partial charge in [0.1, 0.15) is 16.5 Å². The maximum atomic E-state index is 11.4. The Bertz CT molecular complexity index is 170. The van der Waals surface area contributed by atoms with Gasteiger partial charge in [0.05, 0.1) is 0 Å². The molecule has 0 N–H and O–H groups in total. The molecule has 0 aromatic rings. The zero-order chi connectivity index (χ0) is 10.2. The van der Waals surface area contributed by atoms with Crippen LogP contribution in [0.3, 0.4) is 0 Å². The monoisotopic (exact) mass is 211 g/mol. The van der Waals surface area contributed by atoms with Crippen LogP contribution in [0.25, 0.3) is 0 Å². The number of carbonyl (C=O) groups excluding carboxylic acids is 1. The molecule has 0 aromatic carbocycles. The van der Waals surface area contributed by atoms with Crippen molar-refractivity contribution in [3.63, 3.8) is 0 Å². The van der Waals surface area contributed by atoms with Crippen LogP contribution < -0.4 is 0 Å². The van der Waals surface area contributed by atoms with Crippen molar-refractivity contribution in [1.29, 1.82) is 0 Å². The molecule has 0 bridgehead atoms. The summed E-state index contributed by atoms with van der Waals surface area (Å²) in [5, 5.41) is 0. The minimum absolute atomic E-state index is 0. The van der Waals surface area contributed by atoms with Gasteiger partial charge in [0.15, 0.2) is 0 Å². The molecule has 0 saturated heterocycles. The van der Waals surface area contributed by atoms with Crippen molar-refractivity contribution in [3.05, 3.63) is 0 Å². The molecule has 5 heteroatoms. The number of amides is 1. The fourth-order valence-corrected chi connectivity index (χ4v) is 11.9. The van der Waals surface area contributed by atoms with E-state index < -0.39 is 16.5 Å². The van der Waals surface area contributed by atoms with Gasteiger partial charge in [-0.05, 0) is 0 Å². The summed E-state index contributed by atoms with van der Waals surface area (Å²) in [5.41, 5.74) is 0. The van der Waals surface area contributed by atoms with Crippen molar-refractivity contribution >= 4 is 41.2 Å². The van der Waals surface area contributed by atoms with Gasteiger partial charge in [0.25, 0.3) is 0 Å². The van der Waals surface area contributed by atoms with Crippen LogP contribution in [0.1, 0.15) is 6.92 Å². The van der Waals surface area contributed by atoms with Crippen LogP contribution in [0.4, 0.5) is 0 Å². The fourth-order valence-electron chi connectivity index (χ4n) is 1.95. The van der Waals surface area contributed by atoms with Gasteiger partial charge in [-0.25, -0.2) is 0 Å². The van der Waals surface area contributed by atoms with Crippen LogP contribution in [0.5, 0.6) is 0 Å². The quantitative estimate of drug-likeness (QED) is 0.638. The Morgan fingerprint density at radius 3 is 1.15 bits per heavy atom. The van der Waals surface area contributed by atoms with E-state index in [1.165, 1.54) is 0 Å². The second-order valence-corrected chi connectivity index (χ2v) is 15.2. The predicted octanol–water partition coefficient (Wildman–Crippen LogP) is 1.86. The minimum atomic E-state index is -1.44. The third-order valence-electron chi connectivity index (χ3n) is 1.66. The third kappa shape index (κ3) is 5.06. The molecule has 0 saturated carbocycles. The molecule has 0 atom stereocenters. The number of hydrogen-bond acceptors (Lipinski definition) is 1. The first-order valence-corrected chi connectivity index (χ1v) is 11.3. The molecule has 0 aromatic heterocycles. The van der Waals surface area contributed by atoms with Crippen LogP contribution in [0, 0.1) is 0 Å². The van der Waals surface area contributed by atoms with E-state index in [0.29, 0.717) is 0 Å². The molecule has 0 aliphatic carbocycles. The van der Waals surface area contributed by atoms with Gasteiger partial charge in [-0.3, -0.25) is 4.79 Å². The zero-order valence-corrected chi connectivity index (χ0v) is 11.4. The molecule has 0 heterocycles. The molecule has 2 nitrogen and oxygen atoms in total. The topological polar surface area (TPSA) is 20.3 Å². The van der Waals surface area contributed by atoms with Gasteiger partial charge in [-0.2, -0.15) is 0 Å². The van der Waals surface area contributed by atoms with Gasteiger partial charge >= 0.3 is 18.9 Å². The number of nitrogens with zero attached hydrogens (tertiary/aromatic N) is 1. The standard InChI is InChI=1S/C8H21NOSi2.Li.H/c1-8(10)9(11(2,3)4)12(5,6)7;;/h1-7H3;;. The van der Waals surface area contributed by atoms with Crippen LogP contribution >= 0.6 is 0 Å². The Kier molecular flexibility index (Phi) is 5.93. The summed E-state index contributed by atoms with van der Waals surface area (Å²) < 4.78 is 2.18. The van der Waals surface area contributed by atoms with Gasteiger partial charge in [0.2, 0.25) is 5.91 Å². The van der Waals surface area contributed by atoms with Crippen molar-refractivity contribution in [2.75, 3.05) is 0 Å². The molecule has 0 fully saturated rings. The van der Waals surface area contributed by atoms with Crippen LogP contribution in [0.15, 0.2) is 0 Å². The predicted molar refractivity (Wildman–Crippen MR) is 66.4 cm³/mol. The summed E-state index contributed by atoms with van der Waals surface area (Å²) in [7, 11) is -2.88. The number of rotatable bonds is 2. The average molecular weight is 211 g/mol. The van der Waals surface area contributed by atoms with Crippen LogP contribution in [0.2, 0.25) is 39.3 Å². The van der Waals surface area contributed by atoms with Gasteiger partial charge in [-0.1, -0.05) is 39.3 Å². The van der Waals surface area contributed by atoms with Gasteiger partial charge in [-0.15, -0.1) is 0 Å². The summed E-state index contributed by atoms with van der Waals surface area (Å²) in [4.78, 5) is 11.4.